The number of ether oxygens (including phenoxy) is 2. The summed E-state index contributed by atoms with van der Waals surface area (Å²) in [6.07, 6.45) is 0.979. The molecule has 4 amide bonds. The molecule has 3 aliphatic heterocycles. The van der Waals surface area contributed by atoms with Gasteiger partial charge in [0, 0.05) is 58.0 Å². The van der Waals surface area contributed by atoms with E-state index in [4.69, 9.17) is 9.47 Å². The highest BCUT2D eigenvalue weighted by molar-refractivity contribution is 6.19. The minimum Gasteiger partial charge on any atom is -0.493 e. The van der Waals surface area contributed by atoms with Gasteiger partial charge in [0.1, 0.15) is 17.8 Å². The highest BCUT2D eigenvalue weighted by atomic mass is 19.1. The van der Waals surface area contributed by atoms with Crippen LogP contribution in [0.2, 0.25) is 0 Å². The number of hydrogen-bond acceptors (Lipinski definition) is 7. The minimum absolute atomic E-state index is 0.0134. The van der Waals surface area contributed by atoms with Crippen molar-refractivity contribution >= 4 is 17.8 Å². The summed E-state index contributed by atoms with van der Waals surface area (Å²) >= 11 is 0. The highest BCUT2D eigenvalue weighted by Gasteiger charge is 2.56. The lowest BCUT2D eigenvalue weighted by Gasteiger charge is -2.48. The van der Waals surface area contributed by atoms with E-state index in [1.54, 1.807) is 42.5 Å². The monoisotopic (exact) mass is 602 g/mol. The molecule has 2 atom stereocenters. The first-order valence-electron chi connectivity index (χ1n) is 14.7. The number of nitrogens with zero attached hydrogens (tertiary/aromatic N) is 4. The molecule has 44 heavy (non-hydrogen) atoms. The van der Waals surface area contributed by atoms with Crippen LogP contribution in [0.25, 0.3) is 0 Å². The molecule has 3 aromatic rings. The normalized spacial score (nSPS) is 21.3. The van der Waals surface area contributed by atoms with Crippen molar-refractivity contribution in [1.82, 2.24) is 19.3 Å². The number of imide groups is 2. The summed E-state index contributed by atoms with van der Waals surface area (Å²) in [4.78, 5) is 57.5. The number of amides is 4. The maximum Gasteiger partial charge on any atom is 0.332 e. The second kappa shape index (κ2) is 11.5. The second-order valence-electron chi connectivity index (χ2n) is 12.1. The fourth-order valence-corrected chi connectivity index (χ4v) is 7.01. The van der Waals surface area contributed by atoms with Crippen LogP contribution >= 0.6 is 0 Å². The van der Waals surface area contributed by atoms with Gasteiger partial charge in [-0.1, -0.05) is 24.3 Å². The number of methoxy groups -OCH3 is 1. The number of pyridine rings is 1. The quantitative estimate of drug-likeness (QED) is 0.365. The Morgan fingerprint density at radius 1 is 0.864 bits per heavy atom. The molecule has 0 spiro atoms. The van der Waals surface area contributed by atoms with Gasteiger partial charge in [-0.3, -0.25) is 24.2 Å². The van der Waals surface area contributed by atoms with E-state index in [0.717, 1.165) is 27.5 Å². The number of likely N-dealkylation sites (tertiary alicyclic amines) is 1. The predicted octanol–water partition coefficient (Wildman–Crippen LogP) is 3.27. The molecule has 0 N–H and O–H groups in total. The number of barbiturate groups is 1. The first-order valence-corrected chi connectivity index (χ1v) is 14.7. The molecule has 2 saturated heterocycles. The van der Waals surface area contributed by atoms with Crippen molar-refractivity contribution in [3.8, 4) is 11.5 Å². The van der Waals surface area contributed by atoms with E-state index in [0.29, 0.717) is 36.7 Å². The van der Waals surface area contributed by atoms with Gasteiger partial charge >= 0.3 is 6.03 Å². The standard InChI is InChI=1S/C33H35FN4O6/c1-35-30(40)33(31(41)36(2)32(35)42,20-37-16-23-13-24(18-37)26-5-4-6-29(39)38(26)17-23)15-22-9-12-27(28(14-22)43-3)44-19-21-7-10-25(34)11-8-21/h4-12,14,23-24H,13,15-20H2,1-3H3/t23-,24-/m1/s1. The van der Waals surface area contributed by atoms with Crippen molar-refractivity contribution in [1.29, 1.82) is 0 Å². The first kappa shape index (κ1) is 29.6. The van der Waals surface area contributed by atoms with E-state index in [1.807, 2.05) is 10.6 Å². The van der Waals surface area contributed by atoms with E-state index in [9.17, 15) is 23.6 Å². The van der Waals surface area contributed by atoms with Crippen LogP contribution in [0.1, 0.15) is 29.2 Å². The molecular weight excluding hydrogens is 567 g/mol. The number of fused-ring (bicyclic) bond motifs is 4. The van der Waals surface area contributed by atoms with Gasteiger partial charge in [-0.25, -0.2) is 9.18 Å². The Bertz CT molecular complexity index is 1650. The summed E-state index contributed by atoms with van der Waals surface area (Å²) in [6.45, 7) is 2.12. The molecule has 10 nitrogen and oxygen atoms in total. The molecule has 4 heterocycles. The zero-order valence-electron chi connectivity index (χ0n) is 25.0. The predicted molar refractivity (Wildman–Crippen MR) is 159 cm³/mol. The van der Waals surface area contributed by atoms with E-state index in [1.165, 1.54) is 33.3 Å². The smallest absolute Gasteiger partial charge is 0.332 e. The summed E-state index contributed by atoms with van der Waals surface area (Å²) in [7, 11) is 4.32. The summed E-state index contributed by atoms with van der Waals surface area (Å²) in [5.74, 6) is -0.260. The van der Waals surface area contributed by atoms with Crippen molar-refractivity contribution in [2.45, 2.75) is 31.9 Å². The lowest BCUT2D eigenvalue weighted by atomic mass is 9.75. The molecule has 2 fully saturated rings. The molecule has 11 heteroatoms. The van der Waals surface area contributed by atoms with E-state index < -0.39 is 23.3 Å². The third kappa shape index (κ3) is 5.25. The molecule has 2 bridgehead atoms. The van der Waals surface area contributed by atoms with Gasteiger partial charge in [0.2, 0.25) is 11.8 Å². The van der Waals surface area contributed by atoms with Crippen LogP contribution in [-0.2, 0) is 29.2 Å². The SMILES string of the molecule is COc1cc(CC2(CN3C[C@H]4C[C@H](C3)c3cccc(=O)n3C4)C(=O)N(C)C(=O)N(C)C2=O)ccc1OCc1ccc(F)cc1. The number of carbonyl (C=O) groups excluding carboxylic acids is 3. The lowest BCUT2D eigenvalue weighted by molar-refractivity contribution is -0.159. The average Bonchev–Trinajstić information content (AvgIpc) is 3.02. The fourth-order valence-electron chi connectivity index (χ4n) is 7.01. The van der Waals surface area contributed by atoms with E-state index >= 15 is 0 Å². The summed E-state index contributed by atoms with van der Waals surface area (Å²) in [5.41, 5.74) is 0.855. The fraction of sp³-hybridized carbons (Fsp3) is 0.394. The van der Waals surface area contributed by atoms with Gasteiger partial charge < -0.3 is 18.9 Å². The van der Waals surface area contributed by atoms with Crippen LogP contribution < -0.4 is 15.0 Å². The topological polar surface area (TPSA) is 101 Å². The van der Waals surface area contributed by atoms with Crippen LogP contribution in [0.15, 0.2) is 65.5 Å². The Morgan fingerprint density at radius 3 is 2.27 bits per heavy atom. The number of rotatable bonds is 8. The minimum atomic E-state index is -1.55. The summed E-state index contributed by atoms with van der Waals surface area (Å²) in [5, 5.41) is 0. The number of piperidine rings is 1. The molecule has 0 radical (unpaired) electrons. The molecule has 0 aliphatic carbocycles. The van der Waals surface area contributed by atoms with Gasteiger partial charge in [-0.15, -0.1) is 0 Å². The molecule has 3 aliphatic rings. The molecular formula is C33H35FN4O6. The van der Waals surface area contributed by atoms with Crippen LogP contribution in [-0.4, -0.2) is 78.0 Å². The van der Waals surface area contributed by atoms with Crippen molar-refractivity contribution < 1.29 is 28.2 Å². The van der Waals surface area contributed by atoms with Crippen LogP contribution in [0.4, 0.5) is 9.18 Å². The van der Waals surface area contributed by atoms with Crippen molar-refractivity contribution in [3.63, 3.8) is 0 Å². The van der Waals surface area contributed by atoms with Crippen molar-refractivity contribution in [2.24, 2.45) is 11.3 Å². The number of aromatic nitrogens is 1. The summed E-state index contributed by atoms with van der Waals surface area (Å²) in [6, 6.07) is 15.9. The molecule has 1 aromatic heterocycles. The largest absolute Gasteiger partial charge is 0.493 e. The molecule has 0 unspecified atom stereocenters. The molecule has 230 valence electrons. The van der Waals surface area contributed by atoms with Crippen LogP contribution in [0.5, 0.6) is 11.5 Å². The van der Waals surface area contributed by atoms with Gasteiger partial charge in [-0.05, 0) is 60.2 Å². The number of halogens is 1. The van der Waals surface area contributed by atoms with E-state index in [2.05, 4.69) is 4.90 Å². The van der Waals surface area contributed by atoms with Crippen LogP contribution in [0.3, 0.4) is 0 Å². The van der Waals surface area contributed by atoms with Crippen molar-refractivity contribution in [3.05, 3.63) is 93.7 Å². The van der Waals surface area contributed by atoms with E-state index in [-0.39, 0.29) is 42.8 Å². The number of benzene rings is 2. The zero-order valence-corrected chi connectivity index (χ0v) is 25.0. The van der Waals surface area contributed by atoms with Gasteiger partial charge in [-0.2, -0.15) is 0 Å². The maximum atomic E-state index is 14.0. The Morgan fingerprint density at radius 2 is 1.57 bits per heavy atom. The van der Waals surface area contributed by atoms with Gasteiger partial charge in [0.15, 0.2) is 11.5 Å². The third-order valence-electron chi connectivity index (χ3n) is 9.09. The number of urea groups is 1. The molecule has 0 saturated carbocycles. The molecule has 2 aromatic carbocycles. The Hall–Kier alpha value is -4.51. The maximum absolute atomic E-state index is 14.0. The Balaban J connectivity index is 1.29. The molecule has 6 rings (SSSR count). The summed E-state index contributed by atoms with van der Waals surface area (Å²) < 4.78 is 26.7. The Kier molecular flexibility index (Phi) is 7.75. The number of carbonyl (C=O) groups is 3. The second-order valence-corrected chi connectivity index (χ2v) is 12.1. The third-order valence-corrected chi connectivity index (χ3v) is 9.09. The Labute approximate surface area is 254 Å². The highest BCUT2D eigenvalue weighted by Crippen LogP contribution is 2.40. The van der Waals surface area contributed by atoms with Gasteiger partial charge in [0.05, 0.1) is 7.11 Å². The van der Waals surface area contributed by atoms with Gasteiger partial charge in [0.25, 0.3) is 5.56 Å². The van der Waals surface area contributed by atoms with Crippen molar-refractivity contribution in [2.75, 3.05) is 40.8 Å². The van der Waals surface area contributed by atoms with Crippen LogP contribution in [0, 0.1) is 17.2 Å². The first-order chi connectivity index (χ1) is 21.1. The number of hydrogen-bond donors (Lipinski definition) is 0. The zero-order chi connectivity index (χ0) is 31.2. The lowest BCUT2D eigenvalue weighted by Crippen LogP contribution is -2.67. The average molecular weight is 603 g/mol.